The summed E-state index contributed by atoms with van der Waals surface area (Å²) in [4.78, 5) is 15.7. The maximum absolute atomic E-state index is 11.3. The van der Waals surface area contributed by atoms with Gasteiger partial charge in [0, 0.05) is 19.0 Å². The van der Waals surface area contributed by atoms with Crippen molar-refractivity contribution in [1.82, 2.24) is 14.9 Å². The Balaban J connectivity index is 2.01. The van der Waals surface area contributed by atoms with Crippen molar-refractivity contribution < 1.29 is 4.79 Å². The number of hydrogen-bond donors (Lipinski definition) is 1. The summed E-state index contributed by atoms with van der Waals surface area (Å²) in [5.74, 6) is 1.22. The first kappa shape index (κ1) is 12.8. The molecule has 2 aromatic rings. The Morgan fingerprint density at radius 2 is 2.32 bits per heavy atom. The van der Waals surface area contributed by atoms with Gasteiger partial charge in [-0.3, -0.25) is 4.79 Å². The zero-order valence-corrected chi connectivity index (χ0v) is 11.7. The third-order valence-corrected chi connectivity index (χ3v) is 3.96. The minimum atomic E-state index is 0.111. The van der Waals surface area contributed by atoms with Gasteiger partial charge in [-0.1, -0.05) is 17.7 Å². The summed E-state index contributed by atoms with van der Waals surface area (Å²) in [5.41, 5.74) is 1.73. The molecule has 1 aromatic heterocycles. The van der Waals surface area contributed by atoms with E-state index >= 15 is 0 Å². The van der Waals surface area contributed by atoms with Gasteiger partial charge in [0.1, 0.15) is 11.3 Å². The van der Waals surface area contributed by atoms with E-state index in [0.717, 1.165) is 23.3 Å². The molecule has 0 spiro atoms. The van der Waals surface area contributed by atoms with E-state index in [0.29, 0.717) is 23.9 Å². The highest BCUT2D eigenvalue weighted by Gasteiger charge is 2.23. The van der Waals surface area contributed by atoms with E-state index in [1.165, 1.54) is 0 Å². The molecule has 19 heavy (non-hydrogen) atoms. The second-order valence-corrected chi connectivity index (χ2v) is 5.36. The molecule has 6 heteroatoms. The summed E-state index contributed by atoms with van der Waals surface area (Å²) in [6.07, 6.45) is 1.44. The van der Waals surface area contributed by atoms with Crippen molar-refractivity contribution in [3.8, 4) is 0 Å². The van der Waals surface area contributed by atoms with Gasteiger partial charge in [-0.15, -0.1) is 11.6 Å². The number of rotatable bonds is 3. The molecular weight excluding hydrogens is 285 g/mol. The second-order valence-electron chi connectivity index (χ2n) is 4.68. The van der Waals surface area contributed by atoms with Crippen LogP contribution in [0.1, 0.15) is 18.7 Å². The third kappa shape index (κ3) is 2.30. The Morgan fingerprint density at radius 3 is 3.00 bits per heavy atom. The molecule has 2 heterocycles. The molecule has 0 bridgehead atoms. The van der Waals surface area contributed by atoms with Crippen molar-refractivity contribution in [3.63, 3.8) is 0 Å². The number of nitrogens with zero attached hydrogens (tertiary/aromatic N) is 2. The van der Waals surface area contributed by atoms with Gasteiger partial charge in [0.15, 0.2) is 0 Å². The molecule has 4 nitrogen and oxygen atoms in total. The summed E-state index contributed by atoms with van der Waals surface area (Å²) in [6.45, 7) is 0.685. The zero-order valence-electron chi connectivity index (χ0n) is 10.2. The van der Waals surface area contributed by atoms with E-state index in [2.05, 4.69) is 10.3 Å². The van der Waals surface area contributed by atoms with Crippen LogP contribution in [0.3, 0.4) is 0 Å². The average molecular weight is 298 g/mol. The van der Waals surface area contributed by atoms with Gasteiger partial charge in [-0.25, -0.2) is 4.98 Å². The Kier molecular flexibility index (Phi) is 3.37. The third-order valence-electron chi connectivity index (χ3n) is 3.42. The Labute approximate surface area is 120 Å². The van der Waals surface area contributed by atoms with Crippen molar-refractivity contribution in [1.29, 1.82) is 0 Å². The van der Waals surface area contributed by atoms with E-state index in [1.54, 1.807) is 0 Å². The van der Waals surface area contributed by atoms with E-state index in [9.17, 15) is 4.79 Å². The number of amides is 1. The van der Waals surface area contributed by atoms with E-state index in [4.69, 9.17) is 23.2 Å². The first-order valence-electron chi connectivity index (χ1n) is 6.18. The molecule has 100 valence electrons. The number of fused-ring (bicyclic) bond motifs is 1. The smallest absolute Gasteiger partial charge is 0.220 e. The Bertz CT molecular complexity index is 638. The summed E-state index contributed by atoms with van der Waals surface area (Å²) in [6, 6.07) is 5.83. The fourth-order valence-electron chi connectivity index (χ4n) is 2.50. The molecule has 0 radical (unpaired) electrons. The van der Waals surface area contributed by atoms with Gasteiger partial charge >= 0.3 is 0 Å². The molecular formula is C13H13Cl2N3O. The van der Waals surface area contributed by atoms with Crippen LogP contribution in [0.15, 0.2) is 18.2 Å². The highest BCUT2D eigenvalue weighted by atomic mass is 35.5. The lowest BCUT2D eigenvalue weighted by molar-refractivity contribution is -0.119. The molecule has 1 saturated heterocycles. The standard InChI is InChI=1S/C13H13Cl2N3O/c14-6-11-17-13-9(15)2-1-3-10(13)18(11)7-8-4-5-12(19)16-8/h1-3,8H,4-7H2,(H,16,19). The highest BCUT2D eigenvalue weighted by molar-refractivity contribution is 6.35. The van der Waals surface area contributed by atoms with Crippen LogP contribution in [-0.4, -0.2) is 21.5 Å². The Morgan fingerprint density at radius 1 is 1.47 bits per heavy atom. The topological polar surface area (TPSA) is 46.9 Å². The number of carbonyl (C=O) groups is 1. The van der Waals surface area contributed by atoms with Crippen LogP contribution in [0.5, 0.6) is 0 Å². The predicted molar refractivity (Wildman–Crippen MR) is 75.5 cm³/mol. The minimum Gasteiger partial charge on any atom is -0.352 e. The van der Waals surface area contributed by atoms with Crippen LogP contribution in [0.2, 0.25) is 5.02 Å². The van der Waals surface area contributed by atoms with Crippen molar-refractivity contribution >= 4 is 40.1 Å². The molecule has 3 rings (SSSR count). The average Bonchev–Trinajstić information content (AvgIpc) is 2.96. The number of halogens is 2. The number of hydrogen-bond acceptors (Lipinski definition) is 2. The molecule has 0 aliphatic carbocycles. The lowest BCUT2D eigenvalue weighted by Gasteiger charge is -2.13. The van der Waals surface area contributed by atoms with E-state index < -0.39 is 0 Å². The summed E-state index contributed by atoms with van der Waals surface area (Å²) in [5, 5.41) is 3.58. The highest BCUT2D eigenvalue weighted by Crippen LogP contribution is 2.25. The molecule has 0 saturated carbocycles. The molecule has 1 amide bonds. The zero-order chi connectivity index (χ0) is 13.4. The normalized spacial score (nSPS) is 19.1. The summed E-state index contributed by atoms with van der Waals surface area (Å²) < 4.78 is 2.05. The molecule has 1 aliphatic rings. The van der Waals surface area contributed by atoms with Crippen LogP contribution in [-0.2, 0) is 17.2 Å². The molecule has 1 unspecified atom stereocenters. The minimum absolute atomic E-state index is 0.111. The van der Waals surface area contributed by atoms with Crippen LogP contribution in [0, 0.1) is 0 Å². The van der Waals surface area contributed by atoms with Crippen molar-refractivity contribution in [2.75, 3.05) is 0 Å². The van der Waals surface area contributed by atoms with Gasteiger partial charge in [-0.05, 0) is 18.6 Å². The van der Waals surface area contributed by atoms with Crippen LogP contribution in [0.25, 0.3) is 11.0 Å². The summed E-state index contributed by atoms with van der Waals surface area (Å²) in [7, 11) is 0. The van der Waals surface area contributed by atoms with Gasteiger partial charge in [0.2, 0.25) is 5.91 Å². The Hall–Kier alpha value is -1.26. The number of imidazole rings is 1. The predicted octanol–water partition coefficient (Wildman–Crippen LogP) is 2.71. The van der Waals surface area contributed by atoms with Crippen molar-refractivity contribution in [2.45, 2.75) is 31.3 Å². The van der Waals surface area contributed by atoms with Crippen molar-refractivity contribution in [2.24, 2.45) is 0 Å². The molecule has 1 atom stereocenters. The first-order valence-corrected chi connectivity index (χ1v) is 7.09. The largest absolute Gasteiger partial charge is 0.352 e. The second kappa shape index (κ2) is 5.02. The van der Waals surface area contributed by atoms with Gasteiger partial charge in [0.05, 0.1) is 16.4 Å². The maximum atomic E-state index is 11.3. The molecule has 1 aliphatic heterocycles. The number of nitrogens with one attached hydrogen (secondary N) is 1. The van der Waals surface area contributed by atoms with E-state index in [-0.39, 0.29) is 11.9 Å². The van der Waals surface area contributed by atoms with Crippen LogP contribution >= 0.6 is 23.2 Å². The number of benzene rings is 1. The number of para-hydroxylation sites is 1. The van der Waals surface area contributed by atoms with Gasteiger partial charge in [-0.2, -0.15) is 0 Å². The van der Waals surface area contributed by atoms with Gasteiger partial charge < -0.3 is 9.88 Å². The fraction of sp³-hybridized carbons (Fsp3) is 0.385. The molecule has 1 aromatic carbocycles. The van der Waals surface area contributed by atoms with Crippen molar-refractivity contribution in [3.05, 3.63) is 29.0 Å². The first-order chi connectivity index (χ1) is 9.19. The SMILES string of the molecule is O=C1CCC(Cn2c(CCl)nc3c(Cl)cccc32)N1. The number of aromatic nitrogens is 2. The van der Waals surface area contributed by atoms with Gasteiger partial charge in [0.25, 0.3) is 0 Å². The monoisotopic (exact) mass is 297 g/mol. The number of alkyl halides is 1. The summed E-state index contributed by atoms with van der Waals surface area (Å²) >= 11 is 12.1. The molecule has 1 fully saturated rings. The lowest BCUT2D eigenvalue weighted by atomic mass is 10.2. The van der Waals surface area contributed by atoms with Crippen LogP contribution in [0.4, 0.5) is 0 Å². The number of carbonyl (C=O) groups excluding carboxylic acids is 1. The fourth-order valence-corrected chi connectivity index (χ4v) is 2.92. The van der Waals surface area contributed by atoms with Crippen LogP contribution < -0.4 is 5.32 Å². The lowest BCUT2D eigenvalue weighted by Crippen LogP contribution is -2.30. The maximum Gasteiger partial charge on any atom is 0.220 e. The quantitative estimate of drug-likeness (QED) is 0.886. The van der Waals surface area contributed by atoms with E-state index in [1.807, 2.05) is 22.8 Å². The molecule has 1 N–H and O–H groups in total.